The monoisotopic (exact) mass is 402 g/mol. The Labute approximate surface area is 169 Å². The molecule has 1 rings (SSSR count). The predicted octanol–water partition coefficient (Wildman–Crippen LogP) is 5.84. The molecule has 0 fully saturated rings. The zero-order valence-corrected chi connectivity index (χ0v) is 18.1. The smallest absolute Gasteiger partial charge is 0.270 e. The maximum atomic E-state index is 11.9. The normalized spacial score (nSPS) is 11.2. The molecule has 0 amide bonds. The van der Waals surface area contributed by atoms with Crippen molar-refractivity contribution in [1.29, 1.82) is 0 Å². The minimum absolute atomic E-state index is 0. The molecule has 0 spiro atoms. The van der Waals surface area contributed by atoms with Gasteiger partial charge in [-0.25, -0.2) is 0 Å². The van der Waals surface area contributed by atoms with E-state index in [1.165, 1.54) is 57.8 Å². The largest absolute Gasteiger partial charge is 0.271 e. The maximum Gasteiger partial charge on any atom is 0.271 e. The molecule has 0 aromatic heterocycles. The van der Waals surface area contributed by atoms with E-state index in [2.05, 4.69) is 6.92 Å². The van der Waals surface area contributed by atoms with E-state index in [4.69, 9.17) is 4.18 Å². The standard InChI is InChI=1S/C20H34O3S.Ti/c1-2-3-4-5-6-7-8-9-10-11-15-18-23-24(21,22)19-20-16-13-12-14-17-20;/h12-14,16-17H,2-11,15,18-19H2,1H3;. The summed E-state index contributed by atoms with van der Waals surface area (Å²) < 4.78 is 28.8. The number of unbranched alkanes of at least 4 members (excludes halogenated alkanes) is 10. The van der Waals surface area contributed by atoms with Gasteiger partial charge < -0.3 is 0 Å². The van der Waals surface area contributed by atoms with Crippen molar-refractivity contribution >= 4 is 10.1 Å². The second-order valence-corrected chi connectivity index (χ2v) is 8.18. The molecule has 0 heterocycles. The van der Waals surface area contributed by atoms with Gasteiger partial charge in [-0.3, -0.25) is 4.18 Å². The Balaban J connectivity index is 0.00000576. The molecule has 0 saturated heterocycles. The van der Waals surface area contributed by atoms with Crippen LogP contribution in [0.2, 0.25) is 0 Å². The first-order chi connectivity index (χ1) is 11.6. The van der Waals surface area contributed by atoms with Crippen molar-refractivity contribution in [2.75, 3.05) is 6.61 Å². The fourth-order valence-electron chi connectivity index (χ4n) is 2.77. The molecular weight excluding hydrogens is 368 g/mol. The Kier molecular flexibility index (Phi) is 15.9. The zero-order chi connectivity index (χ0) is 17.5. The topological polar surface area (TPSA) is 43.4 Å². The van der Waals surface area contributed by atoms with Crippen LogP contribution in [0.1, 0.15) is 83.1 Å². The maximum absolute atomic E-state index is 11.9. The Morgan fingerprint density at radius 3 is 1.76 bits per heavy atom. The van der Waals surface area contributed by atoms with Gasteiger partial charge in [0.15, 0.2) is 0 Å². The molecule has 0 N–H and O–H groups in total. The number of hydrogen-bond donors (Lipinski definition) is 0. The van der Waals surface area contributed by atoms with Crippen LogP contribution in [0, 0.1) is 0 Å². The van der Waals surface area contributed by atoms with Crippen LogP contribution in [0.3, 0.4) is 0 Å². The van der Waals surface area contributed by atoms with Gasteiger partial charge in [0.05, 0.1) is 6.61 Å². The minimum Gasteiger partial charge on any atom is -0.270 e. The van der Waals surface area contributed by atoms with Crippen LogP contribution in [0.25, 0.3) is 0 Å². The minimum atomic E-state index is -3.45. The van der Waals surface area contributed by atoms with Crippen molar-refractivity contribution in [3.05, 3.63) is 35.9 Å². The number of rotatable bonds is 15. The molecule has 142 valence electrons. The Morgan fingerprint density at radius 2 is 1.24 bits per heavy atom. The molecule has 1 aromatic carbocycles. The van der Waals surface area contributed by atoms with Crippen LogP contribution in [-0.2, 0) is 41.8 Å². The van der Waals surface area contributed by atoms with Gasteiger partial charge in [-0.1, -0.05) is 101 Å². The van der Waals surface area contributed by atoms with E-state index < -0.39 is 10.1 Å². The van der Waals surface area contributed by atoms with Crippen LogP contribution in [0.15, 0.2) is 30.3 Å². The van der Waals surface area contributed by atoms with Gasteiger partial charge in [0.1, 0.15) is 5.75 Å². The summed E-state index contributed by atoms with van der Waals surface area (Å²) in [5.74, 6) is -0.0358. The van der Waals surface area contributed by atoms with E-state index in [-0.39, 0.29) is 27.5 Å². The summed E-state index contributed by atoms with van der Waals surface area (Å²) in [5.41, 5.74) is 0.774. The van der Waals surface area contributed by atoms with E-state index in [9.17, 15) is 8.42 Å². The van der Waals surface area contributed by atoms with E-state index in [1.54, 1.807) is 0 Å². The van der Waals surface area contributed by atoms with Gasteiger partial charge in [-0.05, 0) is 12.0 Å². The second kappa shape index (κ2) is 16.0. The quantitative estimate of drug-likeness (QED) is 0.210. The van der Waals surface area contributed by atoms with Crippen LogP contribution < -0.4 is 0 Å². The fourth-order valence-corrected chi connectivity index (χ4v) is 3.83. The average molecular weight is 402 g/mol. The summed E-state index contributed by atoms with van der Waals surface area (Å²) >= 11 is 0. The summed E-state index contributed by atoms with van der Waals surface area (Å²) in [4.78, 5) is 0. The molecule has 0 saturated carbocycles. The molecule has 0 radical (unpaired) electrons. The molecule has 25 heavy (non-hydrogen) atoms. The van der Waals surface area contributed by atoms with Gasteiger partial charge in [0.2, 0.25) is 0 Å². The molecule has 0 bridgehead atoms. The summed E-state index contributed by atoms with van der Waals surface area (Å²) in [5, 5.41) is 0. The molecule has 1 aromatic rings. The first kappa shape index (κ1) is 24.8. The zero-order valence-electron chi connectivity index (χ0n) is 15.7. The third-order valence-electron chi connectivity index (χ3n) is 4.20. The molecule has 0 aliphatic heterocycles. The van der Waals surface area contributed by atoms with Crippen molar-refractivity contribution in [1.82, 2.24) is 0 Å². The van der Waals surface area contributed by atoms with Crippen LogP contribution in [-0.4, -0.2) is 15.0 Å². The average Bonchev–Trinajstić information content (AvgIpc) is 2.56. The summed E-state index contributed by atoms with van der Waals surface area (Å²) in [6, 6.07) is 9.18. The molecule has 0 aliphatic carbocycles. The number of hydrogen-bond acceptors (Lipinski definition) is 3. The molecule has 0 unspecified atom stereocenters. The molecule has 3 nitrogen and oxygen atoms in total. The summed E-state index contributed by atoms with van der Waals surface area (Å²) in [7, 11) is -3.45. The Bertz CT molecular complexity index is 503. The van der Waals surface area contributed by atoms with E-state index >= 15 is 0 Å². The van der Waals surface area contributed by atoms with Gasteiger partial charge >= 0.3 is 0 Å². The Hall–Kier alpha value is -0.156. The van der Waals surface area contributed by atoms with Crippen LogP contribution >= 0.6 is 0 Å². The Morgan fingerprint density at radius 1 is 0.760 bits per heavy atom. The van der Waals surface area contributed by atoms with Gasteiger partial charge in [-0.2, -0.15) is 8.42 Å². The van der Waals surface area contributed by atoms with Crippen molar-refractivity contribution in [3.8, 4) is 0 Å². The summed E-state index contributed by atoms with van der Waals surface area (Å²) in [6.45, 7) is 2.56. The van der Waals surface area contributed by atoms with E-state index in [0.29, 0.717) is 6.61 Å². The SMILES string of the molecule is CCCCCCCCCCCCCOS(=O)(=O)Cc1ccccc1.[Ti]. The first-order valence-electron chi connectivity index (χ1n) is 9.55. The fraction of sp³-hybridized carbons (Fsp3) is 0.700. The third kappa shape index (κ3) is 14.7. The third-order valence-corrected chi connectivity index (χ3v) is 5.41. The summed E-state index contributed by atoms with van der Waals surface area (Å²) in [6.07, 6.45) is 13.7. The van der Waals surface area contributed by atoms with Crippen molar-refractivity contribution < 1.29 is 34.3 Å². The van der Waals surface area contributed by atoms with Crippen LogP contribution in [0.4, 0.5) is 0 Å². The molecule has 5 heteroatoms. The second-order valence-electron chi connectivity index (χ2n) is 6.55. The van der Waals surface area contributed by atoms with Gasteiger partial charge in [0.25, 0.3) is 10.1 Å². The van der Waals surface area contributed by atoms with Gasteiger partial charge in [0, 0.05) is 21.7 Å². The molecule has 0 aliphatic rings. The molecule has 0 atom stereocenters. The van der Waals surface area contributed by atoms with E-state index in [0.717, 1.165) is 18.4 Å². The molecular formula is C20H34O3STi. The van der Waals surface area contributed by atoms with Gasteiger partial charge in [-0.15, -0.1) is 0 Å². The van der Waals surface area contributed by atoms with Crippen molar-refractivity contribution in [3.63, 3.8) is 0 Å². The van der Waals surface area contributed by atoms with Crippen LogP contribution in [0.5, 0.6) is 0 Å². The first-order valence-corrected chi connectivity index (χ1v) is 11.1. The predicted molar refractivity (Wildman–Crippen MR) is 101 cm³/mol. The number of benzene rings is 1. The van der Waals surface area contributed by atoms with Crippen molar-refractivity contribution in [2.45, 2.75) is 83.3 Å². The van der Waals surface area contributed by atoms with Crippen molar-refractivity contribution in [2.24, 2.45) is 0 Å². The van der Waals surface area contributed by atoms with E-state index in [1.807, 2.05) is 30.3 Å².